The van der Waals surface area contributed by atoms with E-state index in [1.54, 1.807) is 36.4 Å². The number of thioether (sulfide) groups is 1. The molecule has 0 aromatic heterocycles. The molecular formula is C23H24N2O3S2. The fourth-order valence-corrected chi connectivity index (χ4v) is 5.15. The Hall–Kier alpha value is -2.77. The summed E-state index contributed by atoms with van der Waals surface area (Å²) in [6, 6.07) is 21.0. The van der Waals surface area contributed by atoms with Gasteiger partial charge in [-0.25, -0.2) is 8.42 Å². The molecule has 0 fully saturated rings. The molecule has 3 aromatic rings. The Labute approximate surface area is 182 Å². The lowest BCUT2D eigenvalue weighted by Gasteiger charge is -2.26. The third-order valence-electron chi connectivity index (χ3n) is 4.84. The quantitative estimate of drug-likeness (QED) is 0.533. The van der Waals surface area contributed by atoms with Crippen molar-refractivity contribution in [1.82, 2.24) is 0 Å². The molecule has 5 nitrogen and oxygen atoms in total. The summed E-state index contributed by atoms with van der Waals surface area (Å²) in [5.41, 5.74) is 2.92. The highest BCUT2D eigenvalue weighted by Crippen LogP contribution is 2.29. The van der Waals surface area contributed by atoms with Gasteiger partial charge in [-0.2, -0.15) is 0 Å². The number of hydrogen-bond acceptors (Lipinski definition) is 4. The van der Waals surface area contributed by atoms with Crippen LogP contribution in [0.4, 0.5) is 11.4 Å². The number of nitrogens with zero attached hydrogens (tertiary/aromatic N) is 1. The molecule has 156 valence electrons. The number of amides is 1. The van der Waals surface area contributed by atoms with E-state index < -0.39 is 15.9 Å². The van der Waals surface area contributed by atoms with E-state index in [0.29, 0.717) is 11.4 Å². The third-order valence-corrected chi connectivity index (χ3v) is 7.41. The van der Waals surface area contributed by atoms with Gasteiger partial charge in [-0.1, -0.05) is 42.5 Å². The predicted molar refractivity (Wildman–Crippen MR) is 124 cm³/mol. The number of para-hydroxylation sites is 1. The van der Waals surface area contributed by atoms with Gasteiger partial charge in [0.2, 0.25) is 5.91 Å². The highest BCUT2D eigenvalue weighted by Gasteiger charge is 2.28. The van der Waals surface area contributed by atoms with Crippen LogP contribution in [-0.4, -0.2) is 27.1 Å². The van der Waals surface area contributed by atoms with E-state index in [2.05, 4.69) is 5.32 Å². The van der Waals surface area contributed by atoms with Gasteiger partial charge in [-0.05, 0) is 61.6 Å². The Bertz CT molecular complexity index is 1150. The Balaban J connectivity index is 2.00. The molecule has 0 saturated carbocycles. The molecule has 0 aliphatic carbocycles. The van der Waals surface area contributed by atoms with Crippen molar-refractivity contribution in [2.24, 2.45) is 0 Å². The summed E-state index contributed by atoms with van der Waals surface area (Å²) in [5, 5.41) is 2.85. The van der Waals surface area contributed by atoms with Crippen molar-refractivity contribution in [3.05, 3.63) is 83.9 Å². The van der Waals surface area contributed by atoms with Gasteiger partial charge in [0, 0.05) is 4.90 Å². The van der Waals surface area contributed by atoms with Gasteiger partial charge in [0.25, 0.3) is 10.0 Å². The van der Waals surface area contributed by atoms with Crippen LogP contribution in [0.3, 0.4) is 0 Å². The van der Waals surface area contributed by atoms with E-state index in [9.17, 15) is 13.2 Å². The predicted octanol–water partition coefficient (Wildman–Crippen LogP) is 4.86. The zero-order valence-corrected chi connectivity index (χ0v) is 18.8. The van der Waals surface area contributed by atoms with E-state index in [4.69, 9.17) is 0 Å². The maximum atomic E-state index is 13.4. The zero-order valence-electron chi connectivity index (χ0n) is 17.1. The number of carbonyl (C=O) groups excluding carboxylic acids is 1. The molecule has 0 aliphatic heterocycles. The highest BCUT2D eigenvalue weighted by molar-refractivity contribution is 7.98. The minimum absolute atomic E-state index is 0.142. The molecule has 30 heavy (non-hydrogen) atoms. The lowest BCUT2D eigenvalue weighted by atomic mass is 10.1. The summed E-state index contributed by atoms with van der Waals surface area (Å²) in [5.74, 6) is -0.406. The molecule has 7 heteroatoms. The van der Waals surface area contributed by atoms with Crippen molar-refractivity contribution in [3.63, 3.8) is 0 Å². The number of rotatable bonds is 7. The number of anilines is 2. The van der Waals surface area contributed by atoms with Gasteiger partial charge >= 0.3 is 0 Å². The van der Waals surface area contributed by atoms with Gasteiger partial charge in [0.1, 0.15) is 6.54 Å². The first-order chi connectivity index (χ1) is 14.3. The molecule has 0 unspecified atom stereocenters. The summed E-state index contributed by atoms with van der Waals surface area (Å²) < 4.78 is 28.1. The molecule has 1 amide bonds. The minimum Gasteiger partial charge on any atom is -0.323 e. The molecule has 0 saturated heterocycles. The lowest BCUT2D eigenvalue weighted by molar-refractivity contribution is -0.114. The number of sulfonamides is 1. The second kappa shape index (κ2) is 9.36. The largest absolute Gasteiger partial charge is 0.323 e. The minimum atomic E-state index is -3.93. The first-order valence-corrected chi connectivity index (χ1v) is 12.1. The molecule has 0 atom stereocenters. The van der Waals surface area contributed by atoms with Crippen molar-refractivity contribution >= 4 is 39.1 Å². The summed E-state index contributed by atoms with van der Waals surface area (Å²) >= 11 is 1.51. The van der Waals surface area contributed by atoms with Crippen molar-refractivity contribution in [3.8, 4) is 0 Å². The van der Waals surface area contributed by atoms with E-state index >= 15 is 0 Å². The van der Waals surface area contributed by atoms with Crippen LogP contribution in [-0.2, 0) is 14.8 Å². The lowest BCUT2D eigenvalue weighted by Crippen LogP contribution is -2.38. The summed E-state index contributed by atoms with van der Waals surface area (Å²) in [4.78, 5) is 14.0. The van der Waals surface area contributed by atoms with Crippen molar-refractivity contribution in [1.29, 1.82) is 0 Å². The second-order valence-electron chi connectivity index (χ2n) is 6.79. The van der Waals surface area contributed by atoms with Gasteiger partial charge in [-0.3, -0.25) is 9.10 Å². The van der Waals surface area contributed by atoms with Crippen LogP contribution in [0.2, 0.25) is 0 Å². The molecule has 0 spiro atoms. The van der Waals surface area contributed by atoms with Crippen molar-refractivity contribution < 1.29 is 13.2 Å². The van der Waals surface area contributed by atoms with Crippen LogP contribution in [0.5, 0.6) is 0 Å². The smallest absolute Gasteiger partial charge is 0.264 e. The van der Waals surface area contributed by atoms with Crippen LogP contribution in [0.25, 0.3) is 0 Å². The molecule has 0 heterocycles. The first-order valence-electron chi connectivity index (χ1n) is 9.41. The maximum absolute atomic E-state index is 13.4. The van der Waals surface area contributed by atoms with Crippen LogP contribution in [0, 0.1) is 13.8 Å². The Morgan fingerprint density at radius 3 is 2.30 bits per heavy atom. The van der Waals surface area contributed by atoms with Gasteiger partial charge in [0.15, 0.2) is 0 Å². The van der Waals surface area contributed by atoms with E-state index in [1.807, 2.05) is 44.4 Å². The second-order valence-corrected chi connectivity index (χ2v) is 9.50. The monoisotopic (exact) mass is 440 g/mol. The van der Waals surface area contributed by atoms with Gasteiger partial charge < -0.3 is 5.32 Å². The van der Waals surface area contributed by atoms with Crippen LogP contribution < -0.4 is 9.62 Å². The zero-order chi connectivity index (χ0) is 21.7. The Kier molecular flexibility index (Phi) is 6.84. The molecule has 1 N–H and O–H groups in total. The number of benzene rings is 3. The van der Waals surface area contributed by atoms with Crippen LogP contribution in [0.1, 0.15) is 11.1 Å². The molecule has 0 bridgehead atoms. The maximum Gasteiger partial charge on any atom is 0.264 e. The first kappa shape index (κ1) is 21.9. The van der Waals surface area contributed by atoms with Gasteiger partial charge in [-0.15, -0.1) is 11.8 Å². The topological polar surface area (TPSA) is 66.5 Å². The van der Waals surface area contributed by atoms with E-state index in [-0.39, 0.29) is 11.4 Å². The van der Waals surface area contributed by atoms with Crippen LogP contribution >= 0.6 is 11.8 Å². The Morgan fingerprint density at radius 2 is 1.60 bits per heavy atom. The summed E-state index contributed by atoms with van der Waals surface area (Å²) in [7, 11) is -3.93. The Morgan fingerprint density at radius 1 is 0.933 bits per heavy atom. The average molecular weight is 441 g/mol. The molecular weight excluding hydrogens is 416 g/mol. The number of hydrogen-bond donors (Lipinski definition) is 1. The standard InChI is InChI=1S/C23H24N2O3S2/c1-17-10-9-14-21(18(17)2)25(30(27,28)19-11-5-4-6-12-19)16-23(26)24-20-13-7-8-15-22(20)29-3/h4-15H,16H2,1-3H3,(H,24,26). The summed E-state index contributed by atoms with van der Waals surface area (Å²) in [6.07, 6.45) is 1.92. The number of aryl methyl sites for hydroxylation is 1. The molecule has 0 aliphatic rings. The fourth-order valence-electron chi connectivity index (χ4n) is 3.09. The average Bonchev–Trinajstić information content (AvgIpc) is 2.75. The van der Waals surface area contributed by atoms with E-state index in [1.165, 1.54) is 28.2 Å². The van der Waals surface area contributed by atoms with E-state index in [0.717, 1.165) is 16.0 Å². The van der Waals surface area contributed by atoms with Crippen molar-refractivity contribution in [2.75, 3.05) is 22.4 Å². The fraction of sp³-hybridized carbons (Fsp3) is 0.174. The van der Waals surface area contributed by atoms with Gasteiger partial charge in [0.05, 0.1) is 16.3 Å². The molecule has 0 radical (unpaired) electrons. The molecule has 3 aromatic carbocycles. The summed E-state index contributed by atoms with van der Waals surface area (Å²) in [6.45, 7) is 3.45. The highest BCUT2D eigenvalue weighted by atomic mass is 32.2. The molecule has 3 rings (SSSR count). The number of carbonyl (C=O) groups is 1. The number of nitrogens with one attached hydrogen (secondary N) is 1. The normalized spacial score (nSPS) is 11.2. The van der Waals surface area contributed by atoms with Crippen LogP contribution in [0.15, 0.2) is 82.6 Å². The third kappa shape index (κ3) is 4.68. The SMILES string of the molecule is CSc1ccccc1NC(=O)CN(c1cccc(C)c1C)S(=O)(=O)c1ccccc1. The van der Waals surface area contributed by atoms with Crippen molar-refractivity contribution in [2.45, 2.75) is 23.6 Å².